The van der Waals surface area contributed by atoms with Crippen molar-refractivity contribution >= 4 is 27.3 Å². The second kappa shape index (κ2) is 5.29. The number of nitrogens with one attached hydrogen (secondary N) is 1. The highest BCUT2D eigenvalue weighted by Crippen LogP contribution is 2.24. The second-order valence-corrected chi connectivity index (χ2v) is 6.33. The summed E-state index contributed by atoms with van der Waals surface area (Å²) in [6, 6.07) is 2.20. The summed E-state index contributed by atoms with van der Waals surface area (Å²) in [7, 11) is 0. The van der Waals surface area contributed by atoms with Gasteiger partial charge in [0.05, 0.1) is 3.79 Å². The van der Waals surface area contributed by atoms with Crippen LogP contribution in [0.15, 0.2) is 15.2 Å². The molecule has 0 aromatic carbocycles. The lowest BCUT2D eigenvalue weighted by Crippen LogP contribution is -2.20. The zero-order valence-corrected chi connectivity index (χ0v) is 10.7. The van der Waals surface area contributed by atoms with Crippen molar-refractivity contribution in [3.8, 4) is 0 Å². The van der Waals surface area contributed by atoms with Gasteiger partial charge in [0.25, 0.3) is 0 Å². The molecule has 1 aliphatic rings. The van der Waals surface area contributed by atoms with E-state index in [2.05, 4.69) is 32.7 Å². The maximum Gasteiger partial charge on any atom is 0.0701 e. The molecule has 1 heterocycles. The van der Waals surface area contributed by atoms with E-state index in [1.807, 2.05) is 0 Å². The molecule has 0 unspecified atom stereocenters. The van der Waals surface area contributed by atoms with Crippen molar-refractivity contribution in [2.75, 3.05) is 6.54 Å². The van der Waals surface area contributed by atoms with Crippen molar-refractivity contribution in [2.24, 2.45) is 5.92 Å². The first-order valence-corrected chi connectivity index (χ1v) is 6.95. The third kappa shape index (κ3) is 3.07. The van der Waals surface area contributed by atoms with Crippen LogP contribution in [0, 0.1) is 5.92 Å². The summed E-state index contributed by atoms with van der Waals surface area (Å²) in [6.45, 7) is 2.23. The average molecular weight is 274 g/mol. The summed E-state index contributed by atoms with van der Waals surface area (Å²) >= 11 is 5.24. The molecule has 0 amide bonds. The smallest absolute Gasteiger partial charge is 0.0701 e. The number of thiophene rings is 1. The third-order valence-corrected chi connectivity index (χ3v) is 4.41. The maximum absolute atomic E-state index is 3.54. The molecule has 3 heteroatoms. The predicted molar refractivity (Wildman–Crippen MR) is 65.7 cm³/mol. The molecular formula is C11H16BrNS. The molecule has 0 radical (unpaired) electrons. The highest BCUT2D eigenvalue weighted by atomic mass is 79.9. The van der Waals surface area contributed by atoms with E-state index in [4.69, 9.17) is 0 Å². The highest BCUT2D eigenvalue weighted by Gasteiger charge is 2.13. The molecule has 1 aliphatic carbocycles. The molecule has 0 atom stereocenters. The van der Waals surface area contributed by atoms with E-state index in [0.717, 1.165) is 12.5 Å². The Bertz CT molecular complexity index is 279. The van der Waals surface area contributed by atoms with Crippen LogP contribution in [-0.2, 0) is 6.54 Å². The predicted octanol–water partition coefficient (Wildman–Crippen LogP) is 3.79. The van der Waals surface area contributed by atoms with E-state index >= 15 is 0 Å². The maximum atomic E-state index is 3.54. The molecule has 78 valence electrons. The van der Waals surface area contributed by atoms with Crippen molar-refractivity contribution in [2.45, 2.75) is 32.2 Å². The van der Waals surface area contributed by atoms with Crippen LogP contribution in [-0.4, -0.2) is 6.54 Å². The van der Waals surface area contributed by atoms with Crippen LogP contribution < -0.4 is 5.32 Å². The van der Waals surface area contributed by atoms with Crippen LogP contribution in [0.4, 0.5) is 0 Å². The lowest BCUT2D eigenvalue weighted by Gasteiger charge is -2.09. The van der Waals surface area contributed by atoms with Crippen molar-refractivity contribution < 1.29 is 0 Å². The minimum atomic E-state index is 0.942. The number of hydrogen-bond acceptors (Lipinski definition) is 2. The second-order valence-electron chi connectivity index (χ2n) is 4.04. The zero-order chi connectivity index (χ0) is 9.80. The summed E-state index contributed by atoms with van der Waals surface area (Å²) < 4.78 is 1.23. The molecule has 14 heavy (non-hydrogen) atoms. The molecule has 1 aromatic rings. The fourth-order valence-corrected chi connectivity index (χ4v) is 3.28. The lowest BCUT2D eigenvalue weighted by atomic mass is 10.1. The molecule has 1 nitrogen and oxygen atoms in total. The van der Waals surface area contributed by atoms with Crippen molar-refractivity contribution in [1.82, 2.24) is 5.32 Å². The van der Waals surface area contributed by atoms with Crippen molar-refractivity contribution in [3.63, 3.8) is 0 Å². The molecule has 1 fully saturated rings. The Hall–Kier alpha value is 0.140. The number of halogens is 1. The van der Waals surface area contributed by atoms with Crippen LogP contribution >= 0.6 is 27.3 Å². The first-order valence-electron chi connectivity index (χ1n) is 5.28. The van der Waals surface area contributed by atoms with Gasteiger partial charge >= 0.3 is 0 Å². The van der Waals surface area contributed by atoms with Gasteiger partial charge in [0, 0.05) is 6.54 Å². The topological polar surface area (TPSA) is 12.0 Å². The molecule has 1 N–H and O–H groups in total. The fourth-order valence-electron chi connectivity index (χ4n) is 2.07. The minimum absolute atomic E-state index is 0.942. The van der Waals surface area contributed by atoms with E-state index in [-0.39, 0.29) is 0 Å². The van der Waals surface area contributed by atoms with Crippen LogP contribution in [0.1, 0.15) is 31.2 Å². The molecule has 0 aliphatic heterocycles. The molecule has 0 bridgehead atoms. The van der Waals surface area contributed by atoms with Crippen LogP contribution in [0.5, 0.6) is 0 Å². The van der Waals surface area contributed by atoms with Gasteiger partial charge in [-0.3, -0.25) is 0 Å². The van der Waals surface area contributed by atoms with E-state index in [0.29, 0.717) is 0 Å². The van der Waals surface area contributed by atoms with Crippen LogP contribution in [0.2, 0.25) is 0 Å². The monoisotopic (exact) mass is 273 g/mol. The van der Waals surface area contributed by atoms with E-state index < -0.39 is 0 Å². The molecular weight excluding hydrogens is 258 g/mol. The summed E-state index contributed by atoms with van der Waals surface area (Å²) in [6.07, 6.45) is 5.74. The molecule has 1 saturated carbocycles. The van der Waals surface area contributed by atoms with E-state index in [9.17, 15) is 0 Å². The first-order chi connectivity index (χ1) is 6.84. The average Bonchev–Trinajstić information content (AvgIpc) is 2.77. The van der Waals surface area contributed by atoms with Crippen molar-refractivity contribution in [3.05, 3.63) is 20.8 Å². The van der Waals surface area contributed by atoms with Gasteiger partial charge in [-0.15, -0.1) is 11.3 Å². The Morgan fingerprint density at radius 3 is 2.86 bits per heavy atom. The van der Waals surface area contributed by atoms with Gasteiger partial charge in [-0.05, 0) is 58.2 Å². The Balaban J connectivity index is 1.67. The standard InChI is InChI=1S/C11H16BrNS/c12-11-5-10(8-14-11)7-13-6-9-3-1-2-4-9/h5,8-9,13H,1-4,6-7H2. The largest absolute Gasteiger partial charge is 0.312 e. The van der Waals surface area contributed by atoms with Crippen LogP contribution in [0.3, 0.4) is 0 Å². The normalized spacial score (nSPS) is 17.8. The number of rotatable bonds is 4. The Morgan fingerprint density at radius 2 is 2.21 bits per heavy atom. The number of hydrogen-bond donors (Lipinski definition) is 1. The fraction of sp³-hybridized carbons (Fsp3) is 0.636. The van der Waals surface area contributed by atoms with Gasteiger partial charge in [0.15, 0.2) is 0 Å². The lowest BCUT2D eigenvalue weighted by molar-refractivity contribution is 0.489. The van der Waals surface area contributed by atoms with Gasteiger partial charge in [-0.25, -0.2) is 0 Å². The summed E-state index contributed by atoms with van der Waals surface area (Å²) in [5, 5.41) is 5.76. The van der Waals surface area contributed by atoms with Gasteiger partial charge in [0.1, 0.15) is 0 Å². The molecule has 1 aromatic heterocycles. The van der Waals surface area contributed by atoms with Gasteiger partial charge in [-0.1, -0.05) is 12.8 Å². The molecule has 0 spiro atoms. The minimum Gasteiger partial charge on any atom is -0.312 e. The Labute approximate surface area is 98.0 Å². The molecule has 0 saturated heterocycles. The van der Waals surface area contributed by atoms with Gasteiger partial charge < -0.3 is 5.32 Å². The zero-order valence-electron chi connectivity index (χ0n) is 8.26. The summed E-state index contributed by atoms with van der Waals surface area (Å²) in [5.74, 6) is 0.942. The Kier molecular flexibility index (Phi) is 4.02. The summed E-state index contributed by atoms with van der Waals surface area (Å²) in [4.78, 5) is 0. The van der Waals surface area contributed by atoms with Crippen LogP contribution in [0.25, 0.3) is 0 Å². The SMILES string of the molecule is Brc1cc(CNCC2CCCC2)cs1. The Morgan fingerprint density at radius 1 is 1.43 bits per heavy atom. The third-order valence-electron chi connectivity index (χ3n) is 2.86. The van der Waals surface area contributed by atoms with Crippen molar-refractivity contribution in [1.29, 1.82) is 0 Å². The van der Waals surface area contributed by atoms with E-state index in [1.54, 1.807) is 11.3 Å². The highest BCUT2D eigenvalue weighted by molar-refractivity contribution is 9.11. The van der Waals surface area contributed by atoms with E-state index in [1.165, 1.54) is 41.6 Å². The quantitative estimate of drug-likeness (QED) is 0.880. The molecule has 2 rings (SSSR count). The van der Waals surface area contributed by atoms with Gasteiger partial charge in [-0.2, -0.15) is 0 Å². The first kappa shape index (κ1) is 10.7. The summed E-state index contributed by atoms with van der Waals surface area (Å²) in [5.41, 5.74) is 1.40. The van der Waals surface area contributed by atoms with Gasteiger partial charge in [0.2, 0.25) is 0 Å².